The van der Waals surface area contributed by atoms with Crippen LogP contribution in [0.2, 0.25) is 0 Å². The van der Waals surface area contributed by atoms with E-state index in [1.165, 1.54) is 0 Å². The fraction of sp³-hybridized carbons (Fsp3) is 0.731. The van der Waals surface area contributed by atoms with Crippen LogP contribution in [0.5, 0.6) is 0 Å². The number of rotatable bonds is 5. The first-order valence-corrected chi connectivity index (χ1v) is 12.6. The highest BCUT2D eigenvalue weighted by molar-refractivity contribution is 5.89. The zero-order valence-corrected chi connectivity index (χ0v) is 21.0. The Morgan fingerprint density at radius 2 is 1.83 bits per heavy atom. The summed E-state index contributed by atoms with van der Waals surface area (Å²) in [6, 6.07) is 2.44. The molecule has 0 amide bonds. The Balaban J connectivity index is 0.000000392. The van der Waals surface area contributed by atoms with Crippen molar-refractivity contribution >= 4 is 23.4 Å². The Morgan fingerprint density at radius 3 is 2.42 bits per heavy atom. The molecule has 0 heterocycles. The van der Waals surface area contributed by atoms with Gasteiger partial charge in [-0.25, -0.2) is 9.59 Å². The number of carboxylic acids is 2. The molecule has 0 aliphatic heterocycles. The van der Waals surface area contributed by atoms with Crippen molar-refractivity contribution in [1.82, 2.24) is 0 Å². The van der Waals surface area contributed by atoms with Gasteiger partial charge in [-0.05, 0) is 56.3 Å². The predicted molar refractivity (Wildman–Crippen MR) is 130 cm³/mol. The quantitative estimate of drug-likeness (QED) is 0.249. The third-order valence-corrected chi connectivity index (χ3v) is 9.37. The minimum absolute atomic E-state index is 0.218. The van der Waals surface area contributed by atoms with Gasteiger partial charge in [0, 0.05) is 42.4 Å². The van der Waals surface area contributed by atoms with Crippen LogP contribution in [0.1, 0.15) is 65.2 Å². The molecule has 4 saturated carbocycles. The van der Waals surface area contributed by atoms with E-state index in [1.807, 2.05) is 0 Å². The van der Waals surface area contributed by atoms with Crippen molar-refractivity contribution < 1.29 is 34.5 Å². The number of nitriles is 1. The number of Topliss-reactive ketones (excluding diaryl/α,β-unsaturated/α-hetero) is 1. The topological polar surface area (TPSA) is 183 Å². The summed E-state index contributed by atoms with van der Waals surface area (Å²) in [4.78, 5) is 37.0. The summed E-state index contributed by atoms with van der Waals surface area (Å²) in [6.45, 7) is 5.10. The average molecular weight is 504 g/mol. The Kier molecular flexibility index (Phi) is 8.26. The molecule has 0 unspecified atom stereocenters. The van der Waals surface area contributed by atoms with Crippen molar-refractivity contribution in [2.75, 3.05) is 13.2 Å². The largest absolute Gasteiger partial charge is 0.478 e. The van der Waals surface area contributed by atoms with Crippen molar-refractivity contribution in [1.29, 1.82) is 5.26 Å². The number of oxime groups is 1. The van der Waals surface area contributed by atoms with E-state index in [0.717, 1.165) is 37.8 Å². The zero-order chi connectivity index (χ0) is 26.7. The first-order valence-electron chi connectivity index (χ1n) is 12.6. The Hall–Kier alpha value is -2.77. The van der Waals surface area contributed by atoms with Crippen LogP contribution in [0.15, 0.2) is 17.3 Å². The molecule has 0 aromatic carbocycles. The van der Waals surface area contributed by atoms with Crippen molar-refractivity contribution in [2.24, 2.45) is 45.4 Å². The zero-order valence-electron chi connectivity index (χ0n) is 21.0. The van der Waals surface area contributed by atoms with Gasteiger partial charge in [0.05, 0.1) is 23.3 Å². The Morgan fingerprint density at radius 1 is 1.17 bits per heavy atom. The second-order valence-corrected chi connectivity index (χ2v) is 11.0. The lowest BCUT2D eigenvalue weighted by atomic mass is 9.41. The van der Waals surface area contributed by atoms with E-state index in [1.54, 1.807) is 0 Å². The van der Waals surface area contributed by atoms with Gasteiger partial charge in [0.25, 0.3) is 0 Å². The van der Waals surface area contributed by atoms with Crippen LogP contribution in [0, 0.1) is 45.8 Å². The number of carbonyl (C=O) groups is 3. The summed E-state index contributed by atoms with van der Waals surface area (Å²) in [6.07, 6.45) is 7.31. The number of nitrogens with zero attached hydrogens (tertiary/aromatic N) is 2. The molecular weight excluding hydrogens is 466 g/mol. The lowest BCUT2D eigenvalue weighted by Gasteiger charge is -2.64. The number of ketones is 1. The van der Waals surface area contributed by atoms with Gasteiger partial charge in [-0.15, -0.1) is 0 Å². The molecule has 10 nitrogen and oxygen atoms in total. The Bertz CT molecular complexity index is 973. The number of hydrogen-bond acceptors (Lipinski definition) is 8. The molecule has 0 aromatic rings. The van der Waals surface area contributed by atoms with Crippen LogP contribution in [-0.2, 0) is 19.2 Å². The lowest BCUT2D eigenvalue weighted by Crippen LogP contribution is -2.66. The smallest absolute Gasteiger partial charge is 0.328 e. The molecule has 0 bridgehead atoms. The second kappa shape index (κ2) is 10.7. The summed E-state index contributed by atoms with van der Waals surface area (Å²) >= 11 is 0. The number of aliphatic hydroxyl groups is 1. The highest BCUT2D eigenvalue weighted by Gasteiger charge is 2.67. The minimum atomic E-state index is -1.26. The van der Waals surface area contributed by atoms with Gasteiger partial charge in [0.15, 0.2) is 0 Å². The minimum Gasteiger partial charge on any atom is -0.478 e. The first-order chi connectivity index (χ1) is 16.9. The van der Waals surface area contributed by atoms with Crippen molar-refractivity contribution in [3.8, 4) is 6.07 Å². The first kappa shape index (κ1) is 27.8. The van der Waals surface area contributed by atoms with E-state index in [-0.39, 0.29) is 10.8 Å². The highest BCUT2D eigenvalue weighted by Crippen LogP contribution is 2.67. The SMILES string of the molecule is C[C@]12CC[C@H]3[C@@H](C[C@@H](C#N)[C@@]4(O)C/C(=N\OCCN)CC[C@]34C)[C@@H]1CCC2=O.O=C(O)/C=C/C(=O)O. The van der Waals surface area contributed by atoms with Gasteiger partial charge in [-0.2, -0.15) is 5.26 Å². The third-order valence-electron chi connectivity index (χ3n) is 9.37. The van der Waals surface area contributed by atoms with E-state index < -0.39 is 23.5 Å². The summed E-state index contributed by atoms with van der Waals surface area (Å²) in [7, 11) is 0. The summed E-state index contributed by atoms with van der Waals surface area (Å²) in [5.74, 6) is -1.47. The Labute approximate surface area is 211 Å². The van der Waals surface area contributed by atoms with Crippen molar-refractivity contribution in [3.05, 3.63) is 12.2 Å². The van der Waals surface area contributed by atoms with E-state index >= 15 is 0 Å². The standard InChI is InChI=1S/C22H33N3O3.C4H4O4/c1-20-7-6-18-16(17(20)3-4-19(20)26)11-14(13-24)22(27)12-15(25-28-10-9-23)5-8-21(18,22)2;5-3(6)1-2-4(7)8/h14,16-18,27H,3-12,23H2,1-2H3;1-2H,(H,5,6)(H,7,8)/b25-15-;2-1+/t14-,16-,17-,18-,20-,21+,22-;/m0./s1. The maximum Gasteiger partial charge on any atom is 0.328 e. The number of aliphatic carboxylic acids is 2. The molecule has 0 spiro atoms. The number of nitrogens with two attached hydrogens (primary N) is 1. The summed E-state index contributed by atoms with van der Waals surface area (Å²) < 4.78 is 0. The number of carbonyl (C=O) groups excluding carboxylic acids is 1. The predicted octanol–water partition coefficient (Wildman–Crippen LogP) is 2.51. The molecule has 4 rings (SSSR count). The average Bonchev–Trinajstić information content (AvgIpc) is 3.13. The normalized spacial score (nSPS) is 40.3. The molecule has 0 radical (unpaired) electrons. The van der Waals surface area contributed by atoms with Gasteiger partial charge in [-0.1, -0.05) is 19.0 Å². The van der Waals surface area contributed by atoms with Crippen LogP contribution >= 0.6 is 0 Å². The van der Waals surface area contributed by atoms with Crippen LogP contribution in [0.4, 0.5) is 0 Å². The third kappa shape index (κ3) is 4.91. The van der Waals surface area contributed by atoms with Gasteiger partial charge < -0.3 is 25.9 Å². The molecular formula is C26H37N3O7. The van der Waals surface area contributed by atoms with Crippen molar-refractivity contribution in [2.45, 2.75) is 70.8 Å². The molecule has 4 aliphatic rings. The van der Waals surface area contributed by atoms with Crippen LogP contribution in [0.25, 0.3) is 0 Å². The fourth-order valence-corrected chi connectivity index (χ4v) is 7.46. The monoisotopic (exact) mass is 503 g/mol. The molecule has 5 N–H and O–H groups in total. The number of fused-ring (bicyclic) bond motifs is 5. The number of carboxylic acid groups (broad SMARTS) is 2. The molecule has 0 aromatic heterocycles. The van der Waals surface area contributed by atoms with Gasteiger partial charge in [0.2, 0.25) is 0 Å². The van der Waals surface area contributed by atoms with E-state index in [4.69, 9.17) is 20.8 Å². The molecule has 4 fully saturated rings. The molecule has 36 heavy (non-hydrogen) atoms. The molecule has 7 atom stereocenters. The van der Waals surface area contributed by atoms with Gasteiger partial charge in [0.1, 0.15) is 12.4 Å². The number of hydrogen-bond donors (Lipinski definition) is 4. The van der Waals surface area contributed by atoms with E-state index in [0.29, 0.717) is 68.1 Å². The van der Waals surface area contributed by atoms with Crippen LogP contribution < -0.4 is 5.73 Å². The maximum absolute atomic E-state index is 12.6. The lowest BCUT2D eigenvalue weighted by molar-refractivity contribution is -0.206. The molecule has 10 heteroatoms. The highest BCUT2D eigenvalue weighted by atomic mass is 16.6. The summed E-state index contributed by atoms with van der Waals surface area (Å²) in [5.41, 5.74) is 4.68. The van der Waals surface area contributed by atoms with E-state index in [9.17, 15) is 24.8 Å². The van der Waals surface area contributed by atoms with Crippen molar-refractivity contribution in [3.63, 3.8) is 0 Å². The van der Waals surface area contributed by atoms with E-state index in [2.05, 4.69) is 25.1 Å². The van der Waals surface area contributed by atoms with Gasteiger partial charge in [-0.3, -0.25) is 4.79 Å². The van der Waals surface area contributed by atoms with Crippen LogP contribution in [0.3, 0.4) is 0 Å². The fourth-order valence-electron chi connectivity index (χ4n) is 7.46. The van der Waals surface area contributed by atoms with Gasteiger partial charge >= 0.3 is 11.9 Å². The molecule has 198 valence electrons. The maximum atomic E-state index is 12.6. The molecule has 0 saturated heterocycles. The molecule has 4 aliphatic carbocycles. The second-order valence-electron chi connectivity index (χ2n) is 11.0. The summed E-state index contributed by atoms with van der Waals surface area (Å²) in [5, 5.41) is 41.7. The van der Waals surface area contributed by atoms with Crippen LogP contribution in [-0.4, -0.2) is 57.5 Å².